The van der Waals surface area contributed by atoms with Crippen molar-refractivity contribution in [2.24, 2.45) is 0 Å². The first-order valence-corrected chi connectivity index (χ1v) is 11.7. The Bertz CT molecular complexity index is 1690. The second-order valence-electron chi connectivity index (χ2n) is 7.76. The highest BCUT2D eigenvalue weighted by molar-refractivity contribution is 7.87. The zero-order valence-corrected chi connectivity index (χ0v) is 18.7. The number of fused-ring (bicyclic) bond motifs is 2. The summed E-state index contributed by atoms with van der Waals surface area (Å²) in [5.41, 5.74) is 2.54. The number of benzene rings is 3. The van der Waals surface area contributed by atoms with Gasteiger partial charge in [-0.2, -0.15) is 8.42 Å². The quantitative estimate of drug-likeness (QED) is 0.336. The molecular formula is C26H19NO5S. The van der Waals surface area contributed by atoms with Gasteiger partial charge in [0.05, 0.1) is 16.5 Å². The van der Waals surface area contributed by atoms with E-state index in [4.69, 9.17) is 8.60 Å². The molecule has 0 aliphatic carbocycles. The molecule has 0 bridgehead atoms. The van der Waals surface area contributed by atoms with Crippen molar-refractivity contribution in [1.82, 2.24) is 4.98 Å². The summed E-state index contributed by atoms with van der Waals surface area (Å²) in [7, 11) is -4.18. The molecule has 0 aliphatic heterocycles. The van der Waals surface area contributed by atoms with E-state index in [1.165, 1.54) is 24.3 Å². The van der Waals surface area contributed by atoms with E-state index in [2.05, 4.69) is 4.98 Å². The average Bonchev–Trinajstić information content (AvgIpc) is 2.78. The van der Waals surface area contributed by atoms with Crippen LogP contribution in [0.5, 0.6) is 5.75 Å². The van der Waals surface area contributed by atoms with Crippen LogP contribution < -0.4 is 9.61 Å². The Hall–Kier alpha value is -3.97. The van der Waals surface area contributed by atoms with Gasteiger partial charge in [0.25, 0.3) is 0 Å². The van der Waals surface area contributed by atoms with Gasteiger partial charge in [0.2, 0.25) is 5.43 Å². The molecule has 0 spiro atoms. The summed E-state index contributed by atoms with van der Waals surface area (Å²) < 4.78 is 37.4. The molecule has 0 fully saturated rings. The maximum atomic E-state index is 13.1. The minimum atomic E-state index is -4.18. The monoisotopic (exact) mass is 457 g/mol. The second kappa shape index (κ2) is 7.86. The summed E-state index contributed by atoms with van der Waals surface area (Å²) >= 11 is 0. The number of hydrogen-bond acceptors (Lipinski definition) is 6. The topological polar surface area (TPSA) is 86.5 Å². The Morgan fingerprint density at radius 3 is 2.48 bits per heavy atom. The minimum absolute atomic E-state index is 0.0304. The SMILES string of the molecule is Cc1cnc2c(S(=O)(=O)Oc3ccc4c(=O)c(-c5ccccc5)c(C)oc4c3)cccc2c1. The Labute approximate surface area is 190 Å². The molecule has 2 heterocycles. The standard InChI is InChI=1S/C26H19NO5S/c1-16-13-19-9-6-10-23(25(19)27-15-16)33(29,30)32-20-11-12-21-22(14-20)31-17(2)24(26(21)28)18-7-4-3-5-8-18/h3-15H,1-2H3. The lowest BCUT2D eigenvalue weighted by molar-refractivity contribution is 0.486. The van der Waals surface area contributed by atoms with Crippen LogP contribution in [0.3, 0.4) is 0 Å². The van der Waals surface area contributed by atoms with E-state index in [-0.39, 0.29) is 21.7 Å². The van der Waals surface area contributed by atoms with Crippen LogP contribution in [0.4, 0.5) is 0 Å². The molecule has 0 saturated heterocycles. The molecule has 0 radical (unpaired) electrons. The van der Waals surface area contributed by atoms with Crippen LogP contribution >= 0.6 is 0 Å². The predicted molar refractivity (Wildman–Crippen MR) is 127 cm³/mol. The van der Waals surface area contributed by atoms with Crippen molar-refractivity contribution >= 4 is 32.0 Å². The van der Waals surface area contributed by atoms with Crippen LogP contribution in [0, 0.1) is 13.8 Å². The molecule has 0 N–H and O–H groups in total. The van der Waals surface area contributed by atoms with E-state index in [0.29, 0.717) is 27.6 Å². The van der Waals surface area contributed by atoms with Crippen LogP contribution in [0.1, 0.15) is 11.3 Å². The number of rotatable bonds is 4. The summed E-state index contributed by atoms with van der Waals surface area (Å²) in [4.78, 5) is 17.4. The summed E-state index contributed by atoms with van der Waals surface area (Å²) in [5.74, 6) is 0.481. The highest BCUT2D eigenvalue weighted by atomic mass is 32.2. The molecule has 0 saturated carbocycles. The van der Waals surface area contributed by atoms with Gasteiger partial charge >= 0.3 is 10.1 Å². The third-order valence-electron chi connectivity index (χ3n) is 5.39. The Morgan fingerprint density at radius 1 is 0.909 bits per heavy atom. The molecule has 7 heteroatoms. The molecule has 33 heavy (non-hydrogen) atoms. The molecule has 0 atom stereocenters. The van der Waals surface area contributed by atoms with Gasteiger partial charge in [-0.25, -0.2) is 0 Å². The third-order valence-corrected chi connectivity index (χ3v) is 6.67. The van der Waals surface area contributed by atoms with Crippen LogP contribution in [0.15, 0.2) is 93.1 Å². The van der Waals surface area contributed by atoms with Crippen LogP contribution in [0.25, 0.3) is 33.0 Å². The van der Waals surface area contributed by atoms with Gasteiger partial charge in [-0.3, -0.25) is 9.78 Å². The summed E-state index contributed by atoms with van der Waals surface area (Å²) in [6.07, 6.45) is 1.61. The van der Waals surface area contributed by atoms with E-state index in [0.717, 1.165) is 11.1 Å². The normalized spacial score (nSPS) is 11.7. The highest BCUT2D eigenvalue weighted by Gasteiger charge is 2.22. The summed E-state index contributed by atoms with van der Waals surface area (Å²) in [5, 5.41) is 1.04. The first-order chi connectivity index (χ1) is 15.8. The number of aromatic nitrogens is 1. The molecule has 2 aromatic heterocycles. The van der Waals surface area contributed by atoms with E-state index in [1.807, 2.05) is 43.3 Å². The van der Waals surface area contributed by atoms with E-state index < -0.39 is 10.1 Å². The fraction of sp³-hybridized carbons (Fsp3) is 0.0769. The minimum Gasteiger partial charge on any atom is -0.460 e. The van der Waals surface area contributed by atoms with Crippen LogP contribution in [-0.4, -0.2) is 13.4 Å². The molecule has 0 amide bonds. The smallest absolute Gasteiger partial charge is 0.341 e. The molecule has 0 unspecified atom stereocenters. The first-order valence-electron chi connectivity index (χ1n) is 10.3. The van der Waals surface area contributed by atoms with Crippen molar-refractivity contribution < 1.29 is 17.0 Å². The van der Waals surface area contributed by atoms with E-state index in [1.54, 1.807) is 25.3 Å². The molecule has 0 aliphatic rings. The van der Waals surface area contributed by atoms with E-state index >= 15 is 0 Å². The molecule has 5 aromatic rings. The van der Waals surface area contributed by atoms with Gasteiger partial charge in [-0.05, 0) is 49.2 Å². The summed E-state index contributed by atoms with van der Waals surface area (Å²) in [6.45, 7) is 3.59. The van der Waals surface area contributed by atoms with Gasteiger partial charge in [-0.15, -0.1) is 0 Å². The fourth-order valence-electron chi connectivity index (χ4n) is 3.89. The average molecular weight is 458 g/mol. The maximum Gasteiger partial charge on any atom is 0.341 e. The van der Waals surface area contributed by atoms with Crippen LogP contribution in [-0.2, 0) is 10.1 Å². The highest BCUT2D eigenvalue weighted by Crippen LogP contribution is 2.29. The van der Waals surface area contributed by atoms with Gasteiger partial charge < -0.3 is 8.60 Å². The molecule has 164 valence electrons. The predicted octanol–water partition coefficient (Wildman–Crippen LogP) is 5.39. The lowest BCUT2D eigenvalue weighted by Gasteiger charge is -2.11. The van der Waals surface area contributed by atoms with Crippen molar-refractivity contribution in [3.8, 4) is 16.9 Å². The largest absolute Gasteiger partial charge is 0.460 e. The van der Waals surface area contributed by atoms with Gasteiger partial charge in [0, 0.05) is 17.6 Å². The van der Waals surface area contributed by atoms with Crippen molar-refractivity contribution in [2.75, 3.05) is 0 Å². The Kier molecular flexibility index (Phi) is 4.98. The molecule has 6 nitrogen and oxygen atoms in total. The van der Waals surface area contributed by atoms with Gasteiger partial charge in [0.1, 0.15) is 22.0 Å². The maximum absolute atomic E-state index is 13.1. The number of aryl methyl sites for hydroxylation is 2. The van der Waals surface area contributed by atoms with Crippen molar-refractivity contribution in [3.05, 3.63) is 101 Å². The Morgan fingerprint density at radius 2 is 1.70 bits per heavy atom. The molecule has 5 rings (SSSR count). The lowest BCUT2D eigenvalue weighted by Crippen LogP contribution is -2.11. The van der Waals surface area contributed by atoms with Crippen molar-refractivity contribution in [3.63, 3.8) is 0 Å². The third kappa shape index (κ3) is 3.76. The fourth-order valence-corrected chi connectivity index (χ4v) is 4.99. The molecule has 3 aromatic carbocycles. The number of para-hydroxylation sites is 1. The second-order valence-corrected chi connectivity index (χ2v) is 9.28. The zero-order chi connectivity index (χ0) is 23.2. The van der Waals surface area contributed by atoms with Crippen molar-refractivity contribution in [2.45, 2.75) is 18.7 Å². The summed E-state index contributed by atoms with van der Waals surface area (Å²) in [6, 6.07) is 20.4. The lowest BCUT2D eigenvalue weighted by atomic mass is 10.0. The van der Waals surface area contributed by atoms with Crippen molar-refractivity contribution in [1.29, 1.82) is 0 Å². The number of hydrogen-bond donors (Lipinski definition) is 0. The Balaban J connectivity index is 1.57. The molecular weight excluding hydrogens is 438 g/mol. The van der Waals surface area contributed by atoms with Gasteiger partial charge in [0.15, 0.2) is 0 Å². The van der Waals surface area contributed by atoms with Crippen LogP contribution in [0.2, 0.25) is 0 Å². The number of nitrogens with zero attached hydrogens (tertiary/aromatic N) is 1. The number of pyridine rings is 1. The zero-order valence-electron chi connectivity index (χ0n) is 17.9. The van der Waals surface area contributed by atoms with E-state index in [9.17, 15) is 13.2 Å². The van der Waals surface area contributed by atoms with Gasteiger partial charge in [-0.1, -0.05) is 42.5 Å². The first kappa shape index (κ1) is 20.9.